The van der Waals surface area contributed by atoms with Gasteiger partial charge in [0, 0.05) is 17.1 Å². The summed E-state index contributed by atoms with van der Waals surface area (Å²) in [7, 11) is 0. The molecule has 0 bridgehead atoms. The molecular weight excluding hydrogens is 254 g/mol. The fraction of sp³-hybridized carbons (Fsp3) is 0.250. The SMILES string of the molecule is CCOc1cccc(CNc2ccccc2SC)c1. The summed E-state index contributed by atoms with van der Waals surface area (Å²) >= 11 is 1.75. The second-order valence-electron chi connectivity index (χ2n) is 4.13. The van der Waals surface area contributed by atoms with Crippen molar-refractivity contribution in [1.82, 2.24) is 0 Å². The van der Waals surface area contributed by atoms with Crippen molar-refractivity contribution in [3.05, 3.63) is 54.1 Å². The maximum Gasteiger partial charge on any atom is 0.119 e. The van der Waals surface area contributed by atoms with Crippen molar-refractivity contribution in [1.29, 1.82) is 0 Å². The molecule has 0 amide bonds. The van der Waals surface area contributed by atoms with E-state index in [1.54, 1.807) is 11.8 Å². The van der Waals surface area contributed by atoms with Crippen LogP contribution in [-0.2, 0) is 6.54 Å². The summed E-state index contributed by atoms with van der Waals surface area (Å²) in [5.41, 5.74) is 2.40. The van der Waals surface area contributed by atoms with Gasteiger partial charge in [-0.3, -0.25) is 0 Å². The predicted octanol–water partition coefficient (Wildman–Crippen LogP) is 4.42. The Hall–Kier alpha value is -1.61. The van der Waals surface area contributed by atoms with E-state index >= 15 is 0 Å². The number of para-hydroxylation sites is 1. The van der Waals surface area contributed by atoms with Crippen LogP contribution in [0.2, 0.25) is 0 Å². The Kier molecular flexibility index (Phi) is 5.16. The largest absolute Gasteiger partial charge is 0.494 e. The van der Waals surface area contributed by atoms with Crippen molar-refractivity contribution in [2.24, 2.45) is 0 Å². The van der Waals surface area contributed by atoms with Crippen LogP contribution in [0.15, 0.2) is 53.4 Å². The van der Waals surface area contributed by atoms with Crippen LogP contribution < -0.4 is 10.1 Å². The molecule has 0 atom stereocenters. The van der Waals surface area contributed by atoms with Gasteiger partial charge in [-0.2, -0.15) is 0 Å². The molecule has 0 unspecified atom stereocenters. The first kappa shape index (κ1) is 13.8. The second kappa shape index (κ2) is 7.10. The minimum Gasteiger partial charge on any atom is -0.494 e. The third-order valence-corrected chi connectivity index (χ3v) is 3.60. The third kappa shape index (κ3) is 3.93. The van der Waals surface area contributed by atoms with Gasteiger partial charge in [-0.1, -0.05) is 24.3 Å². The van der Waals surface area contributed by atoms with E-state index in [1.165, 1.54) is 16.1 Å². The van der Waals surface area contributed by atoms with E-state index < -0.39 is 0 Å². The molecule has 0 saturated carbocycles. The van der Waals surface area contributed by atoms with Crippen LogP contribution in [0.4, 0.5) is 5.69 Å². The molecule has 2 nitrogen and oxygen atoms in total. The summed E-state index contributed by atoms with van der Waals surface area (Å²) < 4.78 is 5.51. The van der Waals surface area contributed by atoms with Crippen LogP contribution >= 0.6 is 11.8 Å². The number of hydrogen-bond acceptors (Lipinski definition) is 3. The molecule has 100 valence electrons. The van der Waals surface area contributed by atoms with Gasteiger partial charge < -0.3 is 10.1 Å². The van der Waals surface area contributed by atoms with Crippen LogP contribution in [0.25, 0.3) is 0 Å². The van der Waals surface area contributed by atoms with Gasteiger partial charge in [-0.25, -0.2) is 0 Å². The van der Waals surface area contributed by atoms with Crippen LogP contribution in [0.5, 0.6) is 5.75 Å². The van der Waals surface area contributed by atoms with E-state index in [4.69, 9.17) is 4.74 Å². The molecule has 3 heteroatoms. The molecule has 2 rings (SSSR count). The van der Waals surface area contributed by atoms with Gasteiger partial charge in [0.1, 0.15) is 5.75 Å². The first-order valence-corrected chi connectivity index (χ1v) is 7.64. The zero-order valence-corrected chi connectivity index (χ0v) is 12.2. The average molecular weight is 273 g/mol. The molecule has 2 aromatic rings. The predicted molar refractivity (Wildman–Crippen MR) is 83.2 cm³/mol. The first-order chi connectivity index (χ1) is 9.33. The van der Waals surface area contributed by atoms with Gasteiger partial charge in [-0.05, 0) is 43.0 Å². The van der Waals surface area contributed by atoms with Crippen molar-refractivity contribution in [2.75, 3.05) is 18.2 Å². The molecule has 0 saturated heterocycles. The summed E-state index contributed by atoms with van der Waals surface area (Å²) in [5, 5.41) is 3.47. The minimum atomic E-state index is 0.701. The zero-order valence-electron chi connectivity index (χ0n) is 11.3. The molecule has 0 fully saturated rings. The molecule has 1 N–H and O–H groups in total. The Labute approximate surface area is 119 Å². The summed E-state index contributed by atoms with van der Waals surface area (Å²) in [6, 6.07) is 16.6. The van der Waals surface area contributed by atoms with Gasteiger partial charge in [0.2, 0.25) is 0 Å². The number of nitrogens with one attached hydrogen (secondary N) is 1. The van der Waals surface area contributed by atoms with Crippen molar-refractivity contribution in [3.8, 4) is 5.75 Å². The summed E-state index contributed by atoms with van der Waals surface area (Å²) in [6.07, 6.45) is 2.09. The lowest BCUT2D eigenvalue weighted by atomic mass is 10.2. The smallest absolute Gasteiger partial charge is 0.119 e. The molecule has 0 radical (unpaired) electrons. The second-order valence-corrected chi connectivity index (χ2v) is 4.98. The maximum absolute atomic E-state index is 5.51. The molecule has 0 aromatic heterocycles. The quantitative estimate of drug-likeness (QED) is 0.787. The first-order valence-electron chi connectivity index (χ1n) is 6.42. The standard InChI is InChI=1S/C16H19NOS/c1-3-18-14-8-6-7-13(11-14)12-17-15-9-4-5-10-16(15)19-2/h4-11,17H,3,12H2,1-2H3. The van der Waals surface area contributed by atoms with Crippen LogP contribution in [0.3, 0.4) is 0 Å². The Morgan fingerprint density at radius 3 is 2.74 bits per heavy atom. The van der Waals surface area contributed by atoms with Gasteiger partial charge in [0.15, 0.2) is 0 Å². The van der Waals surface area contributed by atoms with Crippen molar-refractivity contribution in [3.63, 3.8) is 0 Å². The van der Waals surface area contributed by atoms with E-state index in [1.807, 2.05) is 19.1 Å². The van der Waals surface area contributed by atoms with E-state index in [2.05, 4.69) is 48.0 Å². The number of hydrogen-bond donors (Lipinski definition) is 1. The molecular formula is C16H19NOS. The van der Waals surface area contributed by atoms with Gasteiger partial charge >= 0.3 is 0 Å². The number of anilines is 1. The summed E-state index contributed by atoms with van der Waals surface area (Å²) in [4.78, 5) is 1.27. The maximum atomic E-state index is 5.51. The third-order valence-electron chi connectivity index (χ3n) is 2.80. The summed E-state index contributed by atoms with van der Waals surface area (Å²) in [5.74, 6) is 0.931. The lowest BCUT2D eigenvalue weighted by Crippen LogP contribution is -2.01. The Morgan fingerprint density at radius 2 is 1.95 bits per heavy atom. The number of rotatable bonds is 6. The van der Waals surface area contributed by atoms with Crippen molar-refractivity contribution < 1.29 is 4.74 Å². The molecule has 0 aliphatic carbocycles. The average Bonchev–Trinajstić information content (AvgIpc) is 2.46. The lowest BCUT2D eigenvalue weighted by Gasteiger charge is -2.11. The van der Waals surface area contributed by atoms with E-state index in [9.17, 15) is 0 Å². The van der Waals surface area contributed by atoms with Gasteiger partial charge in [0.05, 0.1) is 6.61 Å². The highest BCUT2D eigenvalue weighted by molar-refractivity contribution is 7.98. The molecule has 19 heavy (non-hydrogen) atoms. The van der Waals surface area contributed by atoms with Gasteiger partial charge in [0.25, 0.3) is 0 Å². The summed E-state index contributed by atoms with van der Waals surface area (Å²) in [6.45, 7) is 3.50. The molecule has 0 heterocycles. The molecule has 0 spiro atoms. The molecule has 2 aromatic carbocycles. The number of ether oxygens (including phenoxy) is 1. The van der Waals surface area contributed by atoms with E-state index in [0.29, 0.717) is 6.61 Å². The van der Waals surface area contributed by atoms with E-state index in [0.717, 1.165) is 12.3 Å². The van der Waals surface area contributed by atoms with E-state index in [-0.39, 0.29) is 0 Å². The van der Waals surface area contributed by atoms with Crippen LogP contribution in [0.1, 0.15) is 12.5 Å². The zero-order chi connectivity index (χ0) is 13.5. The molecule has 0 aliphatic heterocycles. The molecule has 0 aliphatic rings. The topological polar surface area (TPSA) is 21.3 Å². The van der Waals surface area contributed by atoms with Crippen molar-refractivity contribution in [2.45, 2.75) is 18.4 Å². The highest BCUT2D eigenvalue weighted by Gasteiger charge is 2.01. The number of benzene rings is 2. The number of thioether (sulfide) groups is 1. The van der Waals surface area contributed by atoms with Crippen molar-refractivity contribution >= 4 is 17.4 Å². The van der Waals surface area contributed by atoms with Gasteiger partial charge in [-0.15, -0.1) is 11.8 Å². The fourth-order valence-corrected chi connectivity index (χ4v) is 2.47. The normalized spacial score (nSPS) is 10.2. The fourth-order valence-electron chi connectivity index (χ4n) is 1.90. The Balaban J connectivity index is 2.03. The van der Waals surface area contributed by atoms with Crippen LogP contribution in [0, 0.1) is 0 Å². The highest BCUT2D eigenvalue weighted by atomic mass is 32.2. The minimum absolute atomic E-state index is 0.701. The Bertz CT molecular complexity index is 528. The highest BCUT2D eigenvalue weighted by Crippen LogP contribution is 2.25. The monoisotopic (exact) mass is 273 g/mol. The lowest BCUT2D eigenvalue weighted by molar-refractivity contribution is 0.340. The van der Waals surface area contributed by atoms with Crippen LogP contribution in [-0.4, -0.2) is 12.9 Å². The Morgan fingerprint density at radius 1 is 1.11 bits per heavy atom.